The molecule has 1 aromatic carbocycles. The fourth-order valence-corrected chi connectivity index (χ4v) is 5.08. The van der Waals surface area contributed by atoms with Crippen molar-refractivity contribution in [3.05, 3.63) is 84.9 Å². The van der Waals surface area contributed by atoms with Crippen LogP contribution in [0, 0.1) is 0 Å². The van der Waals surface area contributed by atoms with E-state index in [0.717, 1.165) is 24.3 Å². The van der Waals surface area contributed by atoms with Crippen LogP contribution in [0.2, 0.25) is 0 Å². The van der Waals surface area contributed by atoms with Crippen LogP contribution in [0.4, 0.5) is 5.69 Å². The highest BCUT2D eigenvalue weighted by atomic mass is 32.1. The standard InChI is InChI=1S/C25H27N3O4S/c1-5-27(6-2)18-12-10-17(11-13-18)15-20-23(29)28-22(19-9-8-14-32-19)21(24(30)31-7-3)16(4)26-25(28)33-20/h8-15,22H,5-7H2,1-4H3. The van der Waals surface area contributed by atoms with E-state index in [1.807, 2.05) is 18.2 Å². The highest BCUT2D eigenvalue weighted by Crippen LogP contribution is 2.30. The van der Waals surface area contributed by atoms with Crippen molar-refractivity contribution in [3.63, 3.8) is 0 Å². The number of ether oxygens (including phenoxy) is 1. The van der Waals surface area contributed by atoms with Gasteiger partial charge < -0.3 is 14.1 Å². The second-order valence-corrected chi connectivity index (χ2v) is 8.59. The molecule has 4 rings (SSSR count). The first-order chi connectivity index (χ1) is 16.0. The zero-order valence-corrected chi connectivity index (χ0v) is 20.0. The fourth-order valence-electron chi connectivity index (χ4n) is 4.03. The molecule has 0 saturated carbocycles. The van der Waals surface area contributed by atoms with Crippen LogP contribution in [0.5, 0.6) is 0 Å². The molecule has 0 saturated heterocycles. The quantitative estimate of drug-likeness (QED) is 0.501. The summed E-state index contributed by atoms with van der Waals surface area (Å²) in [5, 5.41) is 0. The van der Waals surface area contributed by atoms with Crippen LogP contribution >= 0.6 is 11.3 Å². The number of carbonyl (C=O) groups excluding carboxylic acids is 1. The van der Waals surface area contributed by atoms with E-state index in [-0.39, 0.29) is 12.2 Å². The average Bonchev–Trinajstić information content (AvgIpc) is 3.44. The highest BCUT2D eigenvalue weighted by molar-refractivity contribution is 7.07. The predicted molar refractivity (Wildman–Crippen MR) is 129 cm³/mol. The number of rotatable bonds is 7. The maximum absolute atomic E-state index is 13.5. The Morgan fingerprint density at radius 2 is 1.94 bits per heavy atom. The summed E-state index contributed by atoms with van der Waals surface area (Å²) in [6.07, 6.45) is 3.39. The number of carbonyl (C=O) groups is 1. The van der Waals surface area contributed by atoms with Gasteiger partial charge in [-0.25, -0.2) is 9.79 Å². The Morgan fingerprint density at radius 3 is 2.55 bits per heavy atom. The van der Waals surface area contributed by atoms with Crippen molar-refractivity contribution in [3.8, 4) is 0 Å². The van der Waals surface area contributed by atoms with E-state index in [0.29, 0.717) is 26.4 Å². The first-order valence-corrected chi connectivity index (χ1v) is 11.9. The average molecular weight is 466 g/mol. The lowest BCUT2D eigenvalue weighted by molar-refractivity contribution is -0.139. The van der Waals surface area contributed by atoms with E-state index in [1.165, 1.54) is 22.2 Å². The zero-order chi connectivity index (χ0) is 23.5. The fraction of sp³-hybridized carbons (Fsp3) is 0.320. The number of hydrogen-bond acceptors (Lipinski definition) is 7. The number of anilines is 1. The largest absolute Gasteiger partial charge is 0.467 e. The van der Waals surface area contributed by atoms with Crippen LogP contribution in [0.15, 0.2) is 68.1 Å². The molecule has 3 heterocycles. The number of benzene rings is 1. The number of thiazole rings is 1. The van der Waals surface area contributed by atoms with Gasteiger partial charge in [0.1, 0.15) is 11.8 Å². The molecule has 0 spiro atoms. The molecular formula is C25H27N3O4S. The predicted octanol–water partition coefficient (Wildman–Crippen LogP) is 3.24. The maximum Gasteiger partial charge on any atom is 0.338 e. The molecule has 0 N–H and O–H groups in total. The van der Waals surface area contributed by atoms with Gasteiger partial charge >= 0.3 is 5.97 Å². The van der Waals surface area contributed by atoms with Crippen molar-refractivity contribution in [2.75, 3.05) is 24.6 Å². The van der Waals surface area contributed by atoms with Crippen molar-refractivity contribution in [1.82, 2.24) is 4.57 Å². The van der Waals surface area contributed by atoms with Crippen LogP contribution in [0.25, 0.3) is 6.08 Å². The summed E-state index contributed by atoms with van der Waals surface area (Å²) in [4.78, 5) is 33.6. The molecule has 1 aliphatic rings. The van der Waals surface area contributed by atoms with Gasteiger partial charge in [0.05, 0.1) is 28.7 Å². The van der Waals surface area contributed by atoms with Gasteiger partial charge in [-0.3, -0.25) is 9.36 Å². The third-order valence-electron chi connectivity index (χ3n) is 5.65. The number of hydrogen-bond donors (Lipinski definition) is 0. The molecule has 1 unspecified atom stereocenters. The van der Waals surface area contributed by atoms with Crippen molar-refractivity contribution in [2.45, 2.75) is 33.7 Å². The molecule has 172 valence electrons. The topological polar surface area (TPSA) is 77.0 Å². The third-order valence-corrected chi connectivity index (χ3v) is 6.63. The van der Waals surface area contributed by atoms with Gasteiger partial charge in [-0.05, 0) is 63.6 Å². The summed E-state index contributed by atoms with van der Waals surface area (Å²) in [5.74, 6) is -0.00926. The summed E-state index contributed by atoms with van der Waals surface area (Å²) < 4.78 is 13.0. The zero-order valence-electron chi connectivity index (χ0n) is 19.2. The number of furan rings is 1. The molecule has 1 atom stereocenters. The lowest BCUT2D eigenvalue weighted by Gasteiger charge is -2.22. The van der Waals surface area contributed by atoms with Crippen LogP contribution in [-0.2, 0) is 9.53 Å². The monoisotopic (exact) mass is 465 g/mol. The summed E-state index contributed by atoms with van der Waals surface area (Å²) in [7, 11) is 0. The second kappa shape index (κ2) is 9.62. The Hall–Kier alpha value is -3.39. The Morgan fingerprint density at radius 1 is 1.21 bits per heavy atom. The van der Waals surface area contributed by atoms with Gasteiger partial charge in [0.25, 0.3) is 5.56 Å². The van der Waals surface area contributed by atoms with Crippen LogP contribution in [0.1, 0.15) is 45.1 Å². The van der Waals surface area contributed by atoms with Crippen molar-refractivity contribution < 1.29 is 13.9 Å². The SMILES string of the molecule is CCOC(=O)C1=C(C)N=c2sc(=Cc3ccc(N(CC)CC)cc3)c(=O)n2C1c1ccco1. The van der Waals surface area contributed by atoms with Crippen LogP contribution in [-0.4, -0.2) is 30.2 Å². The Kier molecular flexibility index (Phi) is 6.65. The summed E-state index contributed by atoms with van der Waals surface area (Å²) in [6, 6.07) is 10.9. The van der Waals surface area contributed by atoms with Crippen molar-refractivity contribution in [2.24, 2.45) is 4.99 Å². The number of aromatic nitrogens is 1. The van der Waals surface area contributed by atoms with E-state index in [4.69, 9.17) is 9.15 Å². The van der Waals surface area contributed by atoms with Gasteiger partial charge in [0.15, 0.2) is 4.80 Å². The van der Waals surface area contributed by atoms with Crippen LogP contribution in [0.3, 0.4) is 0 Å². The van der Waals surface area contributed by atoms with Gasteiger partial charge in [0.2, 0.25) is 0 Å². The molecular weight excluding hydrogens is 438 g/mol. The molecule has 0 radical (unpaired) electrons. The Balaban J connectivity index is 1.82. The summed E-state index contributed by atoms with van der Waals surface area (Å²) in [6.45, 7) is 9.85. The number of allylic oxidation sites excluding steroid dienone is 1. The van der Waals surface area contributed by atoms with Crippen molar-refractivity contribution in [1.29, 1.82) is 0 Å². The molecule has 0 amide bonds. The Labute approximate surface area is 195 Å². The molecule has 0 fully saturated rings. The smallest absolute Gasteiger partial charge is 0.338 e. The molecule has 3 aromatic rings. The van der Waals surface area contributed by atoms with Crippen LogP contribution < -0.4 is 19.8 Å². The minimum atomic E-state index is -0.720. The maximum atomic E-state index is 13.5. The molecule has 0 bridgehead atoms. The lowest BCUT2D eigenvalue weighted by Crippen LogP contribution is -2.39. The minimum Gasteiger partial charge on any atom is -0.467 e. The van der Waals surface area contributed by atoms with E-state index in [2.05, 4.69) is 35.9 Å². The first kappa shape index (κ1) is 22.8. The lowest BCUT2D eigenvalue weighted by atomic mass is 10.0. The molecule has 2 aromatic heterocycles. The van der Waals surface area contributed by atoms with Crippen molar-refractivity contribution >= 4 is 29.1 Å². The molecule has 1 aliphatic heterocycles. The van der Waals surface area contributed by atoms with Gasteiger partial charge in [-0.15, -0.1) is 0 Å². The van der Waals surface area contributed by atoms with E-state index >= 15 is 0 Å². The number of fused-ring (bicyclic) bond motifs is 1. The summed E-state index contributed by atoms with van der Waals surface area (Å²) >= 11 is 1.30. The Bertz CT molecular complexity index is 1340. The summed E-state index contributed by atoms with van der Waals surface area (Å²) in [5.41, 5.74) is 2.68. The number of esters is 1. The third kappa shape index (κ3) is 4.30. The highest BCUT2D eigenvalue weighted by Gasteiger charge is 2.34. The second-order valence-electron chi connectivity index (χ2n) is 7.58. The molecule has 7 nitrogen and oxygen atoms in total. The van der Waals surface area contributed by atoms with E-state index < -0.39 is 12.0 Å². The van der Waals surface area contributed by atoms with Gasteiger partial charge in [-0.1, -0.05) is 23.5 Å². The van der Waals surface area contributed by atoms with Gasteiger partial charge in [0, 0.05) is 18.8 Å². The molecule has 0 aliphatic carbocycles. The van der Waals surface area contributed by atoms with E-state index in [1.54, 1.807) is 26.0 Å². The van der Waals surface area contributed by atoms with E-state index in [9.17, 15) is 9.59 Å². The minimum absolute atomic E-state index is 0.220. The number of nitrogens with zero attached hydrogens (tertiary/aromatic N) is 3. The molecule has 8 heteroatoms. The first-order valence-electron chi connectivity index (χ1n) is 11.1. The molecule has 33 heavy (non-hydrogen) atoms. The normalized spacial score (nSPS) is 15.9. The van der Waals surface area contributed by atoms with Gasteiger partial charge in [-0.2, -0.15) is 0 Å².